The van der Waals surface area contributed by atoms with E-state index in [2.05, 4.69) is 26.0 Å². The third-order valence-electron chi connectivity index (χ3n) is 3.79. The summed E-state index contributed by atoms with van der Waals surface area (Å²) in [5.41, 5.74) is 8.96. The SMILES string of the molecule is [N-]=[N+]=Nc1ccc(OCCCCCCCCCCCCBr)cc1. The lowest BCUT2D eigenvalue weighted by Gasteiger charge is -2.06. The second-order valence-corrected chi connectivity index (χ2v) is 6.55. The highest BCUT2D eigenvalue weighted by Crippen LogP contribution is 2.18. The minimum absolute atomic E-state index is 0.618. The summed E-state index contributed by atoms with van der Waals surface area (Å²) >= 11 is 3.47. The highest BCUT2D eigenvalue weighted by molar-refractivity contribution is 9.09. The van der Waals surface area contributed by atoms with Crippen molar-refractivity contribution >= 4 is 21.6 Å². The summed E-state index contributed by atoms with van der Waals surface area (Å²) in [6.45, 7) is 0.757. The Balaban J connectivity index is 1.90. The Morgan fingerprint density at radius 3 is 1.87 bits per heavy atom. The van der Waals surface area contributed by atoms with Gasteiger partial charge in [0, 0.05) is 15.9 Å². The van der Waals surface area contributed by atoms with Crippen LogP contribution >= 0.6 is 15.9 Å². The van der Waals surface area contributed by atoms with Gasteiger partial charge in [0.1, 0.15) is 5.75 Å². The molecule has 0 bridgehead atoms. The van der Waals surface area contributed by atoms with Crippen LogP contribution in [-0.2, 0) is 0 Å². The smallest absolute Gasteiger partial charge is 0.119 e. The Morgan fingerprint density at radius 2 is 1.35 bits per heavy atom. The van der Waals surface area contributed by atoms with Gasteiger partial charge in [-0.1, -0.05) is 72.4 Å². The third kappa shape index (κ3) is 11.1. The molecule has 1 rings (SSSR count). The average molecular weight is 382 g/mol. The largest absolute Gasteiger partial charge is 0.494 e. The average Bonchev–Trinajstić information content (AvgIpc) is 2.57. The van der Waals surface area contributed by atoms with Crippen LogP contribution in [0.1, 0.15) is 64.2 Å². The van der Waals surface area contributed by atoms with Gasteiger partial charge in [-0.2, -0.15) is 0 Å². The van der Waals surface area contributed by atoms with E-state index in [0.29, 0.717) is 5.69 Å². The summed E-state index contributed by atoms with van der Waals surface area (Å²) < 4.78 is 5.68. The molecule has 0 N–H and O–H groups in total. The number of halogens is 1. The predicted octanol–water partition coefficient (Wildman–Crippen LogP) is 7.30. The van der Waals surface area contributed by atoms with Crippen molar-refractivity contribution in [3.8, 4) is 5.75 Å². The fourth-order valence-electron chi connectivity index (χ4n) is 2.46. The van der Waals surface area contributed by atoms with Gasteiger partial charge in [0.2, 0.25) is 0 Å². The van der Waals surface area contributed by atoms with E-state index >= 15 is 0 Å². The number of nitrogens with zero attached hydrogens (tertiary/aromatic N) is 3. The molecule has 0 aliphatic carbocycles. The monoisotopic (exact) mass is 381 g/mol. The van der Waals surface area contributed by atoms with E-state index in [9.17, 15) is 0 Å². The van der Waals surface area contributed by atoms with Crippen molar-refractivity contribution in [1.82, 2.24) is 0 Å². The minimum atomic E-state index is 0.618. The van der Waals surface area contributed by atoms with Gasteiger partial charge in [0.05, 0.1) is 6.61 Å². The summed E-state index contributed by atoms with van der Waals surface area (Å²) in [6, 6.07) is 7.24. The first-order chi connectivity index (χ1) is 11.4. The lowest BCUT2D eigenvalue weighted by Crippen LogP contribution is -1.96. The number of rotatable bonds is 14. The van der Waals surface area contributed by atoms with E-state index in [1.807, 2.05) is 12.1 Å². The molecule has 0 aromatic heterocycles. The van der Waals surface area contributed by atoms with Gasteiger partial charge < -0.3 is 4.74 Å². The summed E-state index contributed by atoms with van der Waals surface area (Å²) in [7, 11) is 0. The Hall–Kier alpha value is -1.19. The van der Waals surface area contributed by atoms with E-state index < -0.39 is 0 Å². The molecule has 0 unspecified atom stereocenters. The van der Waals surface area contributed by atoms with Crippen molar-refractivity contribution < 1.29 is 4.74 Å². The molecule has 1 aromatic rings. The highest BCUT2D eigenvalue weighted by atomic mass is 79.9. The number of ether oxygens (including phenoxy) is 1. The van der Waals surface area contributed by atoms with Crippen LogP contribution in [0.25, 0.3) is 10.4 Å². The molecule has 0 heterocycles. The van der Waals surface area contributed by atoms with Crippen molar-refractivity contribution in [3.05, 3.63) is 34.7 Å². The molecule has 23 heavy (non-hydrogen) atoms. The molecule has 0 amide bonds. The van der Waals surface area contributed by atoms with Gasteiger partial charge >= 0.3 is 0 Å². The first-order valence-corrected chi connectivity index (χ1v) is 9.83. The molecule has 5 heteroatoms. The maximum absolute atomic E-state index is 8.34. The minimum Gasteiger partial charge on any atom is -0.494 e. The zero-order valence-corrected chi connectivity index (χ0v) is 15.5. The van der Waals surface area contributed by atoms with Crippen molar-refractivity contribution in [2.24, 2.45) is 5.11 Å². The zero-order chi connectivity index (χ0) is 16.6. The standard InChI is InChI=1S/C18H28BrN3O/c19-15-9-7-5-3-1-2-4-6-8-10-16-23-18-13-11-17(12-14-18)21-22-20/h11-14H,1-10,15-16H2. The van der Waals surface area contributed by atoms with Crippen molar-refractivity contribution in [2.75, 3.05) is 11.9 Å². The highest BCUT2D eigenvalue weighted by Gasteiger charge is 1.96. The van der Waals surface area contributed by atoms with Gasteiger partial charge in [0.15, 0.2) is 0 Å². The Kier molecular flexibility index (Phi) is 12.4. The molecule has 4 nitrogen and oxygen atoms in total. The van der Waals surface area contributed by atoms with Crippen LogP contribution < -0.4 is 4.74 Å². The number of azide groups is 1. The number of hydrogen-bond acceptors (Lipinski definition) is 2. The maximum atomic E-state index is 8.34. The van der Waals surface area contributed by atoms with Gasteiger partial charge in [0.25, 0.3) is 0 Å². The fraction of sp³-hybridized carbons (Fsp3) is 0.667. The van der Waals surface area contributed by atoms with E-state index in [1.54, 1.807) is 12.1 Å². The summed E-state index contributed by atoms with van der Waals surface area (Å²) in [5, 5.41) is 4.68. The van der Waals surface area contributed by atoms with Crippen molar-refractivity contribution in [3.63, 3.8) is 0 Å². The van der Waals surface area contributed by atoms with E-state index in [-0.39, 0.29) is 0 Å². The molecule has 1 aromatic carbocycles. The number of unbranched alkanes of at least 4 members (excludes halogenated alkanes) is 9. The molecule has 0 spiro atoms. The zero-order valence-electron chi connectivity index (χ0n) is 13.9. The van der Waals surface area contributed by atoms with Crippen LogP contribution in [0.4, 0.5) is 5.69 Å². The molecular weight excluding hydrogens is 354 g/mol. The summed E-state index contributed by atoms with van der Waals surface area (Å²) in [6.07, 6.45) is 13.2. The van der Waals surface area contributed by atoms with Crippen LogP contribution in [0.3, 0.4) is 0 Å². The second kappa shape index (κ2) is 14.4. The lowest BCUT2D eigenvalue weighted by atomic mass is 10.1. The van der Waals surface area contributed by atoms with Crippen LogP contribution in [0.5, 0.6) is 5.75 Å². The van der Waals surface area contributed by atoms with Gasteiger partial charge in [-0.05, 0) is 42.6 Å². The van der Waals surface area contributed by atoms with Crippen LogP contribution in [0.15, 0.2) is 29.4 Å². The normalized spacial score (nSPS) is 10.3. The van der Waals surface area contributed by atoms with Gasteiger partial charge in [-0.15, -0.1) is 0 Å². The Bertz CT molecular complexity index is 444. The number of alkyl halides is 1. The maximum Gasteiger partial charge on any atom is 0.119 e. The number of benzene rings is 1. The Labute approximate surface area is 148 Å². The summed E-state index contributed by atoms with van der Waals surface area (Å²) in [5.74, 6) is 0.838. The predicted molar refractivity (Wildman–Crippen MR) is 101 cm³/mol. The van der Waals surface area contributed by atoms with Gasteiger partial charge in [-0.3, -0.25) is 0 Å². The Morgan fingerprint density at radius 1 is 0.826 bits per heavy atom. The summed E-state index contributed by atoms with van der Waals surface area (Å²) in [4.78, 5) is 2.75. The third-order valence-corrected chi connectivity index (χ3v) is 4.35. The molecule has 0 saturated carbocycles. The molecule has 0 saturated heterocycles. The molecule has 0 aliphatic rings. The van der Waals surface area contributed by atoms with E-state index in [0.717, 1.165) is 24.1 Å². The van der Waals surface area contributed by atoms with Crippen LogP contribution in [-0.4, -0.2) is 11.9 Å². The molecular formula is C18H28BrN3O. The van der Waals surface area contributed by atoms with Crippen LogP contribution in [0.2, 0.25) is 0 Å². The van der Waals surface area contributed by atoms with E-state index in [1.165, 1.54) is 57.8 Å². The van der Waals surface area contributed by atoms with Gasteiger partial charge in [-0.25, -0.2) is 0 Å². The molecule has 0 fully saturated rings. The molecule has 128 valence electrons. The topological polar surface area (TPSA) is 58.0 Å². The number of hydrogen-bond donors (Lipinski definition) is 0. The van der Waals surface area contributed by atoms with Crippen LogP contribution in [0, 0.1) is 0 Å². The quantitative estimate of drug-likeness (QED) is 0.109. The first-order valence-electron chi connectivity index (χ1n) is 8.71. The van der Waals surface area contributed by atoms with E-state index in [4.69, 9.17) is 10.3 Å². The van der Waals surface area contributed by atoms with Crippen molar-refractivity contribution in [2.45, 2.75) is 64.2 Å². The molecule has 0 radical (unpaired) electrons. The fourth-order valence-corrected chi connectivity index (χ4v) is 2.86. The second-order valence-electron chi connectivity index (χ2n) is 5.76. The first kappa shape index (κ1) is 19.9. The molecule has 0 aliphatic heterocycles. The lowest BCUT2D eigenvalue weighted by molar-refractivity contribution is 0.304. The molecule has 0 atom stereocenters. The van der Waals surface area contributed by atoms with Crippen molar-refractivity contribution in [1.29, 1.82) is 0 Å².